The highest BCUT2D eigenvalue weighted by atomic mass is 79.9. The van der Waals surface area contributed by atoms with Crippen LogP contribution >= 0.6 is 15.9 Å². The number of aromatic amines is 2. The lowest BCUT2D eigenvalue weighted by Gasteiger charge is -2.12. The number of benzene rings is 3. The molecule has 0 radical (unpaired) electrons. The van der Waals surface area contributed by atoms with Crippen molar-refractivity contribution in [2.75, 3.05) is 5.32 Å². The van der Waals surface area contributed by atoms with E-state index in [1.54, 1.807) is 10.9 Å². The topological polar surface area (TPSA) is 78.5 Å². The fourth-order valence-corrected chi connectivity index (χ4v) is 3.80. The van der Waals surface area contributed by atoms with Crippen molar-refractivity contribution in [3.63, 3.8) is 0 Å². The van der Waals surface area contributed by atoms with Gasteiger partial charge in [0.1, 0.15) is 5.82 Å². The number of hydrogen-bond donors (Lipinski definition) is 3. The Balaban J connectivity index is 1.64. The zero-order valence-corrected chi connectivity index (χ0v) is 17.5. The molecule has 7 heteroatoms. The highest BCUT2D eigenvalue weighted by Crippen LogP contribution is 2.30. The van der Waals surface area contributed by atoms with E-state index < -0.39 is 0 Å². The first kappa shape index (κ1) is 18.4. The largest absolute Gasteiger partial charge is 0.366 e. The van der Waals surface area contributed by atoms with Crippen LogP contribution < -0.4 is 11.0 Å². The summed E-state index contributed by atoms with van der Waals surface area (Å²) in [6.45, 7) is 0.601. The second kappa shape index (κ2) is 7.68. The Morgan fingerprint density at radius 3 is 2.60 bits per heavy atom. The van der Waals surface area contributed by atoms with Gasteiger partial charge in [-0.1, -0.05) is 58.4 Å². The van der Waals surface area contributed by atoms with Crippen LogP contribution in [0.15, 0.2) is 88.4 Å². The molecule has 0 aliphatic heterocycles. The van der Waals surface area contributed by atoms with Crippen LogP contribution in [0.25, 0.3) is 28.0 Å². The molecule has 0 spiro atoms. The number of aromatic nitrogens is 4. The molecule has 148 valence electrons. The van der Waals surface area contributed by atoms with E-state index in [9.17, 15) is 4.79 Å². The summed E-state index contributed by atoms with van der Waals surface area (Å²) in [4.78, 5) is 23.4. The molecule has 2 aromatic heterocycles. The average Bonchev–Trinajstić information content (AvgIpc) is 3.37. The van der Waals surface area contributed by atoms with Crippen LogP contribution in [0.2, 0.25) is 0 Å². The number of anilines is 1. The third-order valence-corrected chi connectivity index (χ3v) is 5.52. The number of fused-ring (bicyclic) bond motifs is 1. The molecule has 0 saturated heterocycles. The second-order valence-corrected chi connectivity index (χ2v) is 7.85. The average molecular weight is 460 g/mol. The number of H-pyrrole nitrogens is 2. The van der Waals surface area contributed by atoms with Crippen LogP contribution in [0.1, 0.15) is 5.56 Å². The van der Waals surface area contributed by atoms with Crippen LogP contribution in [0, 0.1) is 0 Å². The van der Waals surface area contributed by atoms with Gasteiger partial charge in [0.25, 0.3) is 0 Å². The van der Waals surface area contributed by atoms with Gasteiger partial charge >= 0.3 is 5.69 Å². The molecular formula is C23H18BrN5O. The van der Waals surface area contributed by atoms with Gasteiger partial charge in [0.05, 0.1) is 28.7 Å². The molecule has 0 saturated carbocycles. The van der Waals surface area contributed by atoms with Gasteiger partial charge in [0.2, 0.25) is 0 Å². The van der Waals surface area contributed by atoms with Crippen LogP contribution in [-0.2, 0) is 6.54 Å². The maximum Gasteiger partial charge on any atom is 0.332 e. The normalized spacial score (nSPS) is 11.1. The molecule has 0 aliphatic rings. The summed E-state index contributed by atoms with van der Waals surface area (Å²) >= 11 is 3.49. The van der Waals surface area contributed by atoms with E-state index in [0.29, 0.717) is 12.4 Å². The molecule has 0 amide bonds. The zero-order chi connectivity index (χ0) is 20.5. The number of nitrogens with zero attached hydrogens (tertiary/aromatic N) is 2. The van der Waals surface area contributed by atoms with Gasteiger partial charge < -0.3 is 10.3 Å². The molecule has 0 fully saturated rings. The van der Waals surface area contributed by atoms with Crippen LogP contribution in [0.5, 0.6) is 0 Å². The molecule has 2 heterocycles. The lowest BCUT2D eigenvalue weighted by molar-refractivity contribution is 0.994. The monoisotopic (exact) mass is 459 g/mol. The molecule has 30 heavy (non-hydrogen) atoms. The number of imidazole rings is 2. The lowest BCUT2D eigenvalue weighted by Crippen LogP contribution is -2.15. The quantitative estimate of drug-likeness (QED) is 0.342. The van der Waals surface area contributed by atoms with Gasteiger partial charge in [0, 0.05) is 16.6 Å². The molecule has 3 N–H and O–H groups in total. The van der Waals surface area contributed by atoms with E-state index in [-0.39, 0.29) is 5.69 Å². The van der Waals surface area contributed by atoms with Crippen molar-refractivity contribution in [2.45, 2.75) is 6.54 Å². The zero-order valence-electron chi connectivity index (χ0n) is 15.9. The Labute approximate surface area is 180 Å². The minimum absolute atomic E-state index is 0.206. The Kier molecular flexibility index (Phi) is 4.72. The molecule has 5 aromatic rings. The van der Waals surface area contributed by atoms with Gasteiger partial charge in [-0.2, -0.15) is 0 Å². The van der Waals surface area contributed by atoms with Crippen molar-refractivity contribution in [1.82, 2.24) is 19.5 Å². The Morgan fingerprint density at radius 1 is 1.00 bits per heavy atom. The van der Waals surface area contributed by atoms with Gasteiger partial charge in [0.15, 0.2) is 0 Å². The van der Waals surface area contributed by atoms with Gasteiger partial charge in [-0.3, -0.25) is 9.55 Å². The highest BCUT2D eigenvalue weighted by Gasteiger charge is 2.18. The van der Waals surface area contributed by atoms with E-state index >= 15 is 0 Å². The van der Waals surface area contributed by atoms with E-state index in [1.807, 2.05) is 72.8 Å². The van der Waals surface area contributed by atoms with Crippen LogP contribution in [0.4, 0.5) is 5.82 Å². The lowest BCUT2D eigenvalue weighted by atomic mass is 10.1. The smallest absolute Gasteiger partial charge is 0.332 e. The van der Waals surface area contributed by atoms with Gasteiger partial charge in [-0.25, -0.2) is 9.78 Å². The molecule has 3 aromatic carbocycles. The fraction of sp³-hybridized carbons (Fsp3) is 0.0435. The number of rotatable bonds is 5. The van der Waals surface area contributed by atoms with Crippen molar-refractivity contribution >= 4 is 32.8 Å². The summed E-state index contributed by atoms with van der Waals surface area (Å²) in [5.41, 5.74) is 5.13. The molecule has 0 bridgehead atoms. The SMILES string of the molecule is O=c1[nH]c(NCc2ccccc2)c(-c2ccc(Br)cc2)n1-c1ccc2nc[nH]c2c1. The van der Waals surface area contributed by atoms with E-state index in [2.05, 4.69) is 36.2 Å². The number of halogens is 1. The summed E-state index contributed by atoms with van der Waals surface area (Å²) in [5.74, 6) is 0.677. The third kappa shape index (κ3) is 3.44. The van der Waals surface area contributed by atoms with E-state index in [0.717, 1.165) is 38.0 Å². The first-order valence-electron chi connectivity index (χ1n) is 9.51. The molecule has 6 nitrogen and oxygen atoms in total. The summed E-state index contributed by atoms with van der Waals surface area (Å²) in [6.07, 6.45) is 1.65. The third-order valence-electron chi connectivity index (χ3n) is 4.99. The minimum atomic E-state index is -0.206. The summed E-state index contributed by atoms with van der Waals surface area (Å²) in [5, 5.41) is 3.40. The predicted octanol–water partition coefficient (Wildman–Crippen LogP) is 5.08. The second-order valence-electron chi connectivity index (χ2n) is 6.94. The van der Waals surface area contributed by atoms with Crippen molar-refractivity contribution in [3.8, 4) is 16.9 Å². The van der Waals surface area contributed by atoms with Crippen LogP contribution in [-0.4, -0.2) is 19.5 Å². The summed E-state index contributed by atoms with van der Waals surface area (Å²) in [6, 6.07) is 23.7. The summed E-state index contributed by atoms with van der Waals surface area (Å²) in [7, 11) is 0. The molecule has 5 rings (SSSR count). The number of hydrogen-bond acceptors (Lipinski definition) is 3. The van der Waals surface area contributed by atoms with Crippen molar-refractivity contribution < 1.29 is 0 Å². The fourth-order valence-electron chi connectivity index (χ4n) is 3.54. The summed E-state index contributed by atoms with van der Waals surface area (Å²) < 4.78 is 2.67. The predicted molar refractivity (Wildman–Crippen MR) is 123 cm³/mol. The minimum Gasteiger partial charge on any atom is -0.366 e. The van der Waals surface area contributed by atoms with Crippen molar-refractivity contribution in [2.24, 2.45) is 0 Å². The van der Waals surface area contributed by atoms with Crippen LogP contribution in [0.3, 0.4) is 0 Å². The van der Waals surface area contributed by atoms with Crippen molar-refractivity contribution in [1.29, 1.82) is 0 Å². The standard InChI is InChI=1S/C23H18BrN5O/c24-17-8-6-16(7-9-17)21-22(25-13-15-4-2-1-3-5-15)28-23(30)29(21)18-10-11-19-20(12-18)27-14-26-19/h1-12,14,25H,13H2,(H,26,27)(H,28,30). The maximum atomic E-state index is 13.0. The Hall–Kier alpha value is -3.58. The van der Waals surface area contributed by atoms with Crippen molar-refractivity contribution in [3.05, 3.63) is 99.6 Å². The Bertz CT molecular complexity index is 1370. The molecule has 0 unspecified atom stereocenters. The Morgan fingerprint density at radius 2 is 1.80 bits per heavy atom. The number of nitrogens with one attached hydrogen (secondary N) is 3. The van der Waals surface area contributed by atoms with E-state index in [1.165, 1.54) is 0 Å². The van der Waals surface area contributed by atoms with Gasteiger partial charge in [-0.15, -0.1) is 0 Å². The van der Waals surface area contributed by atoms with Gasteiger partial charge in [-0.05, 0) is 35.9 Å². The first-order valence-corrected chi connectivity index (χ1v) is 10.3. The molecular weight excluding hydrogens is 442 g/mol. The maximum absolute atomic E-state index is 13.0. The highest BCUT2D eigenvalue weighted by molar-refractivity contribution is 9.10. The van der Waals surface area contributed by atoms with E-state index in [4.69, 9.17) is 0 Å². The first-order chi connectivity index (χ1) is 14.7. The molecule has 0 aliphatic carbocycles. The molecule has 0 atom stereocenters.